The maximum absolute atomic E-state index is 12.5. The number of carbonyl (C=O) groups is 3. The van der Waals surface area contributed by atoms with Gasteiger partial charge in [0.05, 0.1) is 26.9 Å². The SMILES string of the molecule is COc1ccc2c(c1)C(=O)N(CCC(=O)NC(=O)NCC#Cc1ccc(C(=N)N3CCOCC3)cc1)C2. The van der Waals surface area contributed by atoms with E-state index in [2.05, 4.69) is 22.5 Å². The van der Waals surface area contributed by atoms with Crippen LogP contribution in [0.15, 0.2) is 42.5 Å². The van der Waals surface area contributed by atoms with Crippen molar-refractivity contribution in [1.29, 1.82) is 5.41 Å². The van der Waals surface area contributed by atoms with Crippen molar-refractivity contribution < 1.29 is 23.9 Å². The van der Waals surface area contributed by atoms with E-state index in [-0.39, 0.29) is 25.4 Å². The summed E-state index contributed by atoms with van der Waals surface area (Å²) in [4.78, 5) is 40.2. The fourth-order valence-electron chi connectivity index (χ4n) is 4.07. The first-order chi connectivity index (χ1) is 17.9. The van der Waals surface area contributed by atoms with E-state index in [1.54, 1.807) is 17.0 Å². The van der Waals surface area contributed by atoms with Gasteiger partial charge in [0, 0.05) is 49.3 Å². The molecule has 10 nitrogen and oxygen atoms in total. The van der Waals surface area contributed by atoms with Crippen molar-refractivity contribution in [2.45, 2.75) is 13.0 Å². The highest BCUT2D eigenvalue weighted by Gasteiger charge is 2.28. The molecule has 4 amide bonds. The van der Waals surface area contributed by atoms with Gasteiger partial charge < -0.3 is 24.6 Å². The molecule has 192 valence electrons. The van der Waals surface area contributed by atoms with Gasteiger partial charge >= 0.3 is 6.03 Å². The first-order valence-electron chi connectivity index (χ1n) is 12.0. The molecule has 0 bridgehead atoms. The number of fused-ring (bicyclic) bond motifs is 1. The van der Waals surface area contributed by atoms with Crippen LogP contribution in [0.1, 0.15) is 33.5 Å². The number of ether oxygens (including phenoxy) is 2. The van der Waals surface area contributed by atoms with Gasteiger partial charge in [-0.05, 0) is 29.8 Å². The van der Waals surface area contributed by atoms with E-state index in [9.17, 15) is 14.4 Å². The Hall–Kier alpha value is -4.36. The number of nitrogens with zero attached hydrogens (tertiary/aromatic N) is 2. The number of amides is 4. The lowest BCUT2D eigenvalue weighted by atomic mass is 10.1. The van der Waals surface area contributed by atoms with Crippen molar-refractivity contribution in [1.82, 2.24) is 20.4 Å². The van der Waals surface area contributed by atoms with Gasteiger partial charge in [-0.25, -0.2) is 4.79 Å². The molecule has 2 aromatic rings. The quantitative estimate of drug-likeness (QED) is 0.312. The summed E-state index contributed by atoms with van der Waals surface area (Å²) in [7, 11) is 1.54. The van der Waals surface area contributed by atoms with Crippen LogP contribution in [0.25, 0.3) is 0 Å². The van der Waals surface area contributed by atoms with Crippen LogP contribution in [-0.2, 0) is 16.1 Å². The summed E-state index contributed by atoms with van der Waals surface area (Å²) in [5.41, 5.74) is 3.02. The van der Waals surface area contributed by atoms with Crippen LogP contribution < -0.4 is 15.4 Å². The lowest BCUT2D eigenvalue weighted by Crippen LogP contribution is -2.41. The third-order valence-electron chi connectivity index (χ3n) is 6.11. The molecule has 0 aromatic heterocycles. The molecule has 10 heteroatoms. The van der Waals surface area contributed by atoms with Gasteiger partial charge in [0.15, 0.2) is 0 Å². The summed E-state index contributed by atoms with van der Waals surface area (Å²) in [6, 6.07) is 12.0. The molecule has 37 heavy (non-hydrogen) atoms. The minimum absolute atomic E-state index is 0.00176. The smallest absolute Gasteiger partial charge is 0.322 e. The lowest BCUT2D eigenvalue weighted by molar-refractivity contribution is -0.120. The van der Waals surface area contributed by atoms with E-state index < -0.39 is 11.9 Å². The highest BCUT2D eigenvalue weighted by molar-refractivity contribution is 5.99. The molecule has 1 fully saturated rings. The Morgan fingerprint density at radius 2 is 1.89 bits per heavy atom. The fourth-order valence-corrected chi connectivity index (χ4v) is 4.07. The molecule has 2 aliphatic heterocycles. The van der Waals surface area contributed by atoms with Gasteiger partial charge in [-0.2, -0.15) is 0 Å². The molecule has 2 aliphatic rings. The van der Waals surface area contributed by atoms with E-state index in [1.165, 1.54) is 7.11 Å². The van der Waals surface area contributed by atoms with E-state index >= 15 is 0 Å². The molecule has 0 radical (unpaired) electrons. The number of imide groups is 1. The van der Waals surface area contributed by atoms with Crippen LogP contribution >= 0.6 is 0 Å². The number of nitrogens with one attached hydrogen (secondary N) is 3. The van der Waals surface area contributed by atoms with E-state index in [0.29, 0.717) is 50.0 Å². The number of rotatable bonds is 6. The van der Waals surface area contributed by atoms with Crippen molar-refractivity contribution in [3.05, 3.63) is 64.7 Å². The van der Waals surface area contributed by atoms with Crippen molar-refractivity contribution >= 4 is 23.7 Å². The summed E-state index contributed by atoms with van der Waals surface area (Å²) in [5, 5.41) is 13.1. The number of hydrogen-bond donors (Lipinski definition) is 3. The van der Waals surface area contributed by atoms with Crippen molar-refractivity contribution in [2.24, 2.45) is 0 Å². The molecule has 0 unspecified atom stereocenters. The Morgan fingerprint density at radius 3 is 2.62 bits per heavy atom. The summed E-state index contributed by atoms with van der Waals surface area (Å²) >= 11 is 0. The molecular formula is C27H29N5O5. The zero-order valence-corrected chi connectivity index (χ0v) is 20.6. The maximum Gasteiger partial charge on any atom is 0.322 e. The predicted octanol–water partition coefficient (Wildman–Crippen LogP) is 1.58. The molecule has 4 rings (SSSR count). The molecule has 0 aliphatic carbocycles. The average Bonchev–Trinajstić information content (AvgIpc) is 3.24. The molecule has 1 saturated heterocycles. The van der Waals surface area contributed by atoms with Crippen LogP contribution in [0.5, 0.6) is 5.75 Å². The van der Waals surface area contributed by atoms with Gasteiger partial charge in [-0.3, -0.25) is 20.3 Å². The van der Waals surface area contributed by atoms with Crippen molar-refractivity contribution in [3.8, 4) is 17.6 Å². The molecule has 0 atom stereocenters. The topological polar surface area (TPSA) is 124 Å². The van der Waals surface area contributed by atoms with Crippen LogP contribution in [0, 0.1) is 17.3 Å². The van der Waals surface area contributed by atoms with Crippen LogP contribution in [-0.4, -0.2) is 80.0 Å². The van der Waals surface area contributed by atoms with Gasteiger partial charge in [-0.15, -0.1) is 0 Å². The van der Waals surface area contributed by atoms with Crippen LogP contribution in [0.4, 0.5) is 4.79 Å². The van der Waals surface area contributed by atoms with Crippen LogP contribution in [0.2, 0.25) is 0 Å². The van der Waals surface area contributed by atoms with Crippen molar-refractivity contribution in [2.75, 3.05) is 46.5 Å². The first-order valence-corrected chi connectivity index (χ1v) is 12.0. The second-order valence-corrected chi connectivity index (χ2v) is 8.56. The van der Waals surface area contributed by atoms with Gasteiger partial charge in [0.25, 0.3) is 5.91 Å². The molecule has 2 heterocycles. The number of methoxy groups -OCH3 is 1. The van der Waals surface area contributed by atoms with Crippen molar-refractivity contribution in [3.63, 3.8) is 0 Å². The molecule has 2 aromatic carbocycles. The summed E-state index contributed by atoms with van der Waals surface area (Å²) in [6.07, 6.45) is 0.00176. The van der Waals surface area contributed by atoms with Gasteiger partial charge in [0.1, 0.15) is 11.6 Å². The predicted molar refractivity (Wildman–Crippen MR) is 136 cm³/mol. The van der Waals surface area contributed by atoms with E-state index in [0.717, 1.165) is 16.7 Å². The summed E-state index contributed by atoms with van der Waals surface area (Å²) in [6.45, 7) is 3.35. The third kappa shape index (κ3) is 6.65. The fraction of sp³-hybridized carbons (Fsp3) is 0.333. The van der Waals surface area contributed by atoms with Gasteiger partial charge in [-0.1, -0.05) is 30.0 Å². The highest BCUT2D eigenvalue weighted by Crippen LogP contribution is 2.26. The summed E-state index contributed by atoms with van der Waals surface area (Å²) < 4.78 is 10.5. The minimum Gasteiger partial charge on any atom is -0.497 e. The maximum atomic E-state index is 12.5. The monoisotopic (exact) mass is 503 g/mol. The largest absolute Gasteiger partial charge is 0.497 e. The highest BCUT2D eigenvalue weighted by atomic mass is 16.5. The summed E-state index contributed by atoms with van der Waals surface area (Å²) in [5.74, 6) is 6.22. The number of benzene rings is 2. The number of morpholine rings is 1. The zero-order valence-electron chi connectivity index (χ0n) is 20.6. The second kappa shape index (κ2) is 12.1. The number of amidine groups is 1. The number of hydrogen-bond acceptors (Lipinski definition) is 6. The zero-order chi connectivity index (χ0) is 26.2. The Kier molecular flexibility index (Phi) is 8.38. The lowest BCUT2D eigenvalue weighted by Gasteiger charge is -2.29. The third-order valence-corrected chi connectivity index (χ3v) is 6.11. The second-order valence-electron chi connectivity index (χ2n) is 8.56. The van der Waals surface area contributed by atoms with Crippen LogP contribution in [0.3, 0.4) is 0 Å². The molecule has 0 saturated carbocycles. The molecule has 0 spiro atoms. The Morgan fingerprint density at radius 1 is 1.14 bits per heavy atom. The van der Waals surface area contributed by atoms with Gasteiger partial charge in [0.2, 0.25) is 5.91 Å². The number of urea groups is 1. The molecule has 3 N–H and O–H groups in total. The van der Waals surface area contributed by atoms with E-state index in [1.807, 2.05) is 35.2 Å². The number of carbonyl (C=O) groups excluding carboxylic acids is 3. The average molecular weight is 504 g/mol. The Balaban J connectivity index is 1.16. The first kappa shape index (κ1) is 25.7. The van der Waals surface area contributed by atoms with E-state index in [4.69, 9.17) is 14.9 Å². The minimum atomic E-state index is -0.644. The Bertz CT molecular complexity index is 1240. The standard InChI is InChI=1S/C27H29N5O5/c1-36-22-9-8-21-18-32(26(34)23(21)17-22)12-10-24(33)30-27(35)29-11-2-3-19-4-6-20(7-5-19)25(28)31-13-15-37-16-14-31/h4-9,17,28H,10-16,18H2,1H3,(H2,29,30,33,35). The Labute approximate surface area is 215 Å². The molecular weight excluding hydrogens is 474 g/mol. The normalized spacial score (nSPS) is 14.4.